The van der Waals surface area contributed by atoms with Gasteiger partial charge in [0.05, 0.1) is 19.8 Å². The zero-order valence-electron chi connectivity index (χ0n) is 10.3. The van der Waals surface area contributed by atoms with Crippen LogP contribution in [0.3, 0.4) is 0 Å². The Bertz CT molecular complexity index is 407. The molecule has 1 fully saturated rings. The Kier molecular flexibility index (Phi) is 4.44. The molecular formula is C13H16ClNO3. The molecule has 0 bridgehead atoms. The number of benzene rings is 1. The SMILES string of the molecule is CCOC(=O)N1CCO[C@H](c2ccc(Cl)cc2)C1. The predicted molar refractivity (Wildman–Crippen MR) is 68.7 cm³/mol. The summed E-state index contributed by atoms with van der Waals surface area (Å²) in [5.74, 6) is 0. The van der Waals surface area contributed by atoms with E-state index in [9.17, 15) is 4.79 Å². The Morgan fingerprint density at radius 2 is 2.22 bits per heavy atom. The number of hydrogen-bond donors (Lipinski definition) is 0. The summed E-state index contributed by atoms with van der Waals surface area (Å²) in [5.41, 5.74) is 1.02. The Morgan fingerprint density at radius 1 is 1.50 bits per heavy atom. The summed E-state index contributed by atoms with van der Waals surface area (Å²) in [7, 11) is 0. The third-order valence-corrected chi connectivity index (χ3v) is 3.09. The Balaban J connectivity index is 2.02. The van der Waals surface area contributed by atoms with Crippen LogP contribution in [-0.4, -0.2) is 37.3 Å². The lowest BCUT2D eigenvalue weighted by atomic mass is 10.1. The van der Waals surface area contributed by atoms with Gasteiger partial charge in [-0.1, -0.05) is 23.7 Å². The van der Waals surface area contributed by atoms with Gasteiger partial charge >= 0.3 is 6.09 Å². The first kappa shape index (κ1) is 13.2. The molecule has 2 rings (SSSR count). The first-order valence-corrected chi connectivity index (χ1v) is 6.37. The fourth-order valence-electron chi connectivity index (χ4n) is 1.91. The van der Waals surface area contributed by atoms with E-state index in [0.29, 0.717) is 31.3 Å². The van der Waals surface area contributed by atoms with Gasteiger partial charge in [0.1, 0.15) is 6.10 Å². The number of ether oxygens (including phenoxy) is 2. The first-order valence-electron chi connectivity index (χ1n) is 5.99. The lowest BCUT2D eigenvalue weighted by Gasteiger charge is -2.32. The average Bonchev–Trinajstić information content (AvgIpc) is 2.40. The summed E-state index contributed by atoms with van der Waals surface area (Å²) in [6.45, 7) is 3.80. The van der Waals surface area contributed by atoms with E-state index in [1.165, 1.54) is 0 Å². The van der Waals surface area contributed by atoms with E-state index in [1.807, 2.05) is 24.3 Å². The van der Waals surface area contributed by atoms with E-state index in [1.54, 1.807) is 11.8 Å². The zero-order chi connectivity index (χ0) is 13.0. The minimum absolute atomic E-state index is 0.111. The summed E-state index contributed by atoms with van der Waals surface area (Å²) in [5, 5.41) is 0.691. The van der Waals surface area contributed by atoms with Crippen molar-refractivity contribution < 1.29 is 14.3 Å². The van der Waals surface area contributed by atoms with Gasteiger partial charge in [0, 0.05) is 11.6 Å². The summed E-state index contributed by atoms with van der Waals surface area (Å²) in [6.07, 6.45) is -0.389. The highest BCUT2D eigenvalue weighted by Crippen LogP contribution is 2.23. The minimum Gasteiger partial charge on any atom is -0.450 e. The van der Waals surface area contributed by atoms with Gasteiger partial charge in [-0.3, -0.25) is 0 Å². The van der Waals surface area contributed by atoms with Crippen molar-refractivity contribution in [1.82, 2.24) is 4.90 Å². The molecular weight excluding hydrogens is 254 g/mol. The molecule has 4 nitrogen and oxygen atoms in total. The summed E-state index contributed by atoms with van der Waals surface area (Å²) < 4.78 is 10.7. The van der Waals surface area contributed by atoms with E-state index in [2.05, 4.69) is 0 Å². The zero-order valence-corrected chi connectivity index (χ0v) is 11.0. The monoisotopic (exact) mass is 269 g/mol. The summed E-state index contributed by atoms with van der Waals surface area (Å²) >= 11 is 5.85. The third-order valence-electron chi connectivity index (χ3n) is 2.83. The molecule has 1 aromatic carbocycles. The van der Waals surface area contributed by atoms with Crippen LogP contribution in [0.15, 0.2) is 24.3 Å². The number of carbonyl (C=O) groups excluding carboxylic acids is 1. The topological polar surface area (TPSA) is 38.8 Å². The van der Waals surface area contributed by atoms with Crippen molar-refractivity contribution in [2.75, 3.05) is 26.3 Å². The Labute approximate surface area is 111 Å². The number of amides is 1. The van der Waals surface area contributed by atoms with Gasteiger partial charge in [-0.2, -0.15) is 0 Å². The molecule has 1 heterocycles. The molecule has 1 aliphatic heterocycles. The van der Waals surface area contributed by atoms with Crippen molar-refractivity contribution in [1.29, 1.82) is 0 Å². The second-order valence-electron chi connectivity index (χ2n) is 4.06. The molecule has 0 saturated carbocycles. The van der Waals surface area contributed by atoms with Crippen molar-refractivity contribution in [2.24, 2.45) is 0 Å². The van der Waals surface area contributed by atoms with Crippen molar-refractivity contribution in [3.05, 3.63) is 34.9 Å². The van der Waals surface area contributed by atoms with Gasteiger partial charge in [0.2, 0.25) is 0 Å². The third kappa shape index (κ3) is 3.15. The molecule has 1 amide bonds. The van der Waals surface area contributed by atoms with Crippen LogP contribution in [0.1, 0.15) is 18.6 Å². The minimum atomic E-state index is -0.278. The molecule has 18 heavy (non-hydrogen) atoms. The van der Waals surface area contributed by atoms with Gasteiger partial charge in [-0.05, 0) is 24.6 Å². The van der Waals surface area contributed by atoms with Crippen LogP contribution in [0.2, 0.25) is 5.02 Å². The van der Waals surface area contributed by atoms with Crippen molar-refractivity contribution in [2.45, 2.75) is 13.0 Å². The number of halogens is 1. The molecule has 1 atom stereocenters. The number of carbonyl (C=O) groups is 1. The van der Waals surface area contributed by atoms with Gasteiger partial charge < -0.3 is 14.4 Å². The fraction of sp³-hybridized carbons (Fsp3) is 0.462. The second kappa shape index (κ2) is 6.07. The van der Waals surface area contributed by atoms with Gasteiger partial charge in [-0.15, -0.1) is 0 Å². The van der Waals surface area contributed by atoms with Crippen LogP contribution in [0.5, 0.6) is 0 Å². The molecule has 0 spiro atoms. The first-order chi connectivity index (χ1) is 8.70. The van der Waals surface area contributed by atoms with Crippen LogP contribution < -0.4 is 0 Å². The molecule has 5 heteroatoms. The summed E-state index contributed by atoms with van der Waals surface area (Å²) in [4.78, 5) is 13.3. The molecule has 0 unspecified atom stereocenters. The van der Waals surface area contributed by atoms with Crippen molar-refractivity contribution in [3.8, 4) is 0 Å². The van der Waals surface area contributed by atoms with Crippen LogP contribution in [0.4, 0.5) is 4.79 Å². The highest BCUT2D eigenvalue weighted by Gasteiger charge is 2.25. The normalized spacial score (nSPS) is 19.7. The highest BCUT2D eigenvalue weighted by molar-refractivity contribution is 6.30. The maximum Gasteiger partial charge on any atom is 0.409 e. The molecule has 0 N–H and O–H groups in total. The molecule has 98 valence electrons. The molecule has 0 aliphatic carbocycles. The maximum absolute atomic E-state index is 11.7. The van der Waals surface area contributed by atoms with Crippen LogP contribution in [0, 0.1) is 0 Å². The van der Waals surface area contributed by atoms with Crippen LogP contribution in [0.25, 0.3) is 0 Å². The molecule has 0 radical (unpaired) electrons. The lowest BCUT2D eigenvalue weighted by Crippen LogP contribution is -2.42. The Hall–Kier alpha value is -1.26. The lowest BCUT2D eigenvalue weighted by molar-refractivity contribution is -0.0279. The van der Waals surface area contributed by atoms with Crippen molar-refractivity contribution >= 4 is 17.7 Å². The number of hydrogen-bond acceptors (Lipinski definition) is 3. The second-order valence-corrected chi connectivity index (χ2v) is 4.49. The van der Waals surface area contributed by atoms with Gasteiger partial charge in [0.15, 0.2) is 0 Å². The largest absolute Gasteiger partial charge is 0.450 e. The maximum atomic E-state index is 11.7. The smallest absolute Gasteiger partial charge is 0.409 e. The van der Waals surface area contributed by atoms with E-state index >= 15 is 0 Å². The number of nitrogens with zero attached hydrogens (tertiary/aromatic N) is 1. The van der Waals surface area contributed by atoms with Crippen LogP contribution >= 0.6 is 11.6 Å². The summed E-state index contributed by atoms with van der Waals surface area (Å²) in [6, 6.07) is 7.48. The quantitative estimate of drug-likeness (QED) is 0.829. The van der Waals surface area contributed by atoms with Gasteiger partial charge in [-0.25, -0.2) is 4.79 Å². The Morgan fingerprint density at radius 3 is 2.89 bits per heavy atom. The molecule has 1 aromatic rings. The molecule has 0 aromatic heterocycles. The number of rotatable bonds is 2. The average molecular weight is 270 g/mol. The highest BCUT2D eigenvalue weighted by atomic mass is 35.5. The number of morpholine rings is 1. The fourth-order valence-corrected chi connectivity index (χ4v) is 2.03. The van der Waals surface area contributed by atoms with Gasteiger partial charge in [0.25, 0.3) is 0 Å². The molecule has 1 saturated heterocycles. The van der Waals surface area contributed by atoms with E-state index in [4.69, 9.17) is 21.1 Å². The van der Waals surface area contributed by atoms with E-state index in [-0.39, 0.29) is 12.2 Å². The van der Waals surface area contributed by atoms with Crippen molar-refractivity contribution in [3.63, 3.8) is 0 Å². The van der Waals surface area contributed by atoms with E-state index in [0.717, 1.165) is 5.56 Å². The van der Waals surface area contributed by atoms with Crippen LogP contribution in [-0.2, 0) is 9.47 Å². The van der Waals surface area contributed by atoms with E-state index < -0.39 is 0 Å². The standard InChI is InChI=1S/C13H16ClNO3/c1-2-17-13(16)15-7-8-18-12(9-15)10-3-5-11(14)6-4-10/h3-6,12H,2,7-9H2,1H3/t12-/m0/s1. The molecule has 1 aliphatic rings. The predicted octanol–water partition coefficient (Wildman–Crippen LogP) is 2.87.